The fraction of sp³-hybridized carbons (Fsp3) is 0.0833. The number of anilines is 1. The Balaban J connectivity index is 2.14. The monoisotopic (exact) mass is 312 g/mol. The summed E-state index contributed by atoms with van der Waals surface area (Å²) in [7, 11) is 1.38. The molecule has 0 aliphatic rings. The van der Waals surface area contributed by atoms with Crippen molar-refractivity contribution in [1.82, 2.24) is 4.98 Å². The second-order valence-electron chi connectivity index (χ2n) is 3.54. The number of aromatic amines is 1. The number of rotatable bonds is 3. The van der Waals surface area contributed by atoms with E-state index in [0.717, 1.165) is 4.47 Å². The Labute approximate surface area is 111 Å². The van der Waals surface area contributed by atoms with Crippen LogP contribution in [0, 0.1) is 5.82 Å². The van der Waals surface area contributed by atoms with Crippen LogP contribution in [0.2, 0.25) is 0 Å². The first-order valence-corrected chi connectivity index (χ1v) is 5.88. The van der Waals surface area contributed by atoms with Gasteiger partial charge in [-0.05, 0) is 34.1 Å². The van der Waals surface area contributed by atoms with E-state index in [-0.39, 0.29) is 11.7 Å². The normalized spacial score (nSPS) is 10.2. The van der Waals surface area contributed by atoms with Crippen LogP contribution >= 0.6 is 15.9 Å². The smallest absolute Gasteiger partial charge is 0.272 e. The quantitative estimate of drug-likeness (QED) is 0.914. The summed E-state index contributed by atoms with van der Waals surface area (Å²) in [5.74, 6) is -0.733. The van der Waals surface area contributed by atoms with Crippen molar-refractivity contribution in [3.05, 3.63) is 46.4 Å². The average Bonchev–Trinajstić information content (AvgIpc) is 2.76. The van der Waals surface area contributed by atoms with Crippen LogP contribution in [0.3, 0.4) is 0 Å². The molecule has 0 unspecified atom stereocenters. The van der Waals surface area contributed by atoms with Gasteiger partial charge in [0.15, 0.2) is 11.6 Å². The Kier molecular flexibility index (Phi) is 3.66. The van der Waals surface area contributed by atoms with Gasteiger partial charge in [0.05, 0.1) is 7.11 Å². The van der Waals surface area contributed by atoms with E-state index >= 15 is 0 Å². The third kappa shape index (κ3) is 2.70. The number of methoxy groups -OCH3 is 1. The molecule has 2 N–H and O–H groups in total. The number of carbonyl (C=O) groups is 1. The molecule has 94 valence electrons. The van der Waals surface area contributed by atoms with Crippen molar-refractivity contribution in [2.75, 3.05) is 12.4 Å². The third-order valence-electron chi connectivity index (χ3n) is 2.30. The van der Waals surface area contributed by atoms with Gasteiger partial charge >= 0.3 is 0 Å². The molecule has 1 heterocycles. The van der Waals surface area contributed by atoms with Gasteiger partial charge < -0.3 is 15.0 Å². The SMILES string of the molecule is COc1ccc(NC(=O)c2cc(Br)c[nH]2)cc1F. The van der Waals surface area contributed by atoms with Crippen LogP contribution in [0.4, 0.5) is 10.1 Å². The largest absolute Gasteiger partial charge is 0.494 e. The molecule has 4 nitrogen and oxygen atoms in total. The summed E-state index contributed by atoms with van der Waals surface area (Å²) in [6.45, 7) is 0. The maximum atomic E-state index is 13.4. The van der Waals surface area contributed by atoms with E-state index in [1.54, 1.807) is 18.3 Å². The van der Waals surface area contributed by atoms with Crippen molar-refractivity contribution in [3.8, 4) is 5.75 Å². The summed E-state index contributed by atoms with van der Waals surface area (Å²) in [6, 6.07) is 5.86. The predicted molar refractivity (Wildman–Crippen MR) is 69.4 cm³/mol. The number of carbonyl (C=O) groups excluding carboxylic acids is 1. The standard InChI is InChI=1S/C12H10BrFN2O2/c1-18-11-3-2-8(5-9(11)14)16-12(17)10-4-7(13)6-15-10/h2-6,15H,1H3,(H,16,17). The van der Waals surface area contributed by atoms with Crippen LogP contribution in [0.25, 0.3) is 0 Å². The van der Waals surface area contributed by atoms with E-state index < -0.39 is 5.82 Å². The number of H-pyrrole nitrogens is 1. The molecule has 2 aromatic rings. The summed E-state index contributed by atoms with van der Waals surface area (Å²) in [5, 5.41) is 2.58. The third-order valence-corrected chi connectivity index (χ3v) is 2.76. The zero-order valence-electron chi connectivity index (χ0n) is 9.46. The molecule has 0 fully saturated rings. The van der Waals surface area contributed by atoms with Crippen molar-refractivity contribution in [1.29, 1.82) is 0 Å². The molecule has 0 aliphatic heterocycles. The molecule has 0 saturated heterocycles. The first-order chi connectivity index (χ1) is 8.60. The lowest BCUT2D eigenvalue weighted by molar-refractivity contribution is 0.102. The fourth-order valence-electron chi connectivity index (χ4n) is 1.44. The Morgan fingerprint density at radius 1 is 1.44 bits per heavy atom. The van der Waals surface area contributed by atoms with Gasteiger partial charge in [0, 0.05) is 22.4 Å². The van der Waals surface area contributed by atoms with E-state index in [0.29, 0.717) is 11.4 Å². The highest BCUT2D eigenvalue weighted by Crippen LogP contribution is 2.21. The summed E-state index contributed by atoms with van der Waals surface area (Å²) in [4.78, 5) is 14.6. The van der Waals surface area contributed by atoms with Crippen molar-refractivity contribution in [2.45, 2.75) is 0 Å². The van der Waals surface area contributed by atoms with Gasteiger partial charge in [-0.1, -0.05) is 0 Å². The molecule has 0 bridgehead atoms. The topological polar surface area (TPSA) is 54.1 Å². The van der Waals surface area contributed by atoms with Gasteiger partial charge in [-0.3, -0.25) is 4.79 Å². The molecular formula is C12H10BrFN2O2. The van der Waals surface area contributed by atoms with Crippen molar-refractivity contribution in [3.63, 3.8) is 0 Å². The number of hydrogen-bond acceptors (Lipinski definition) is 2. The second kappa shape index (κ2) is 5.22. The zero-order chi connectivity index (χ0) is 13.1. The van der Waals surface area contributed by atoms with E-state index in [9.17, 15) is 9.18 Å². The van der Waals surface area contributed by atoms with E-state index in [4.69, 9.17) is 4.74 Å². The summed E-state index contributed by atoms with van der Waals surface area (Å²) in [6.07, 6.45) is 1.64. The Morgan fingerprint density at radius 2 is 2.22 bits per heavy atom. The lowest BCUT2D eigenvalue weighted by Crippen LogP contribution is -2.12. The van der Waals surface area contributed by atoms with Crippen molar-refractivity contribution >= 4 is 27.5 Å². The number of aromatic nitrogens is 1. The number of ether oxygens (including phenoxy) is 1. The van der Waals surface area contributed by atoms with E-state index in [1.165, 1.54) is 19.2 Å². The molecule has 1 amide bonds. The van der Waals surface area contributed by atoms with Crippen molar-refractivity contribution in [2.24, 2.45) is 0 Å². The molecule has 18 heavy (non-hydrogen) atoms. The Morgan fingerprint density at radius 3 is 2.78 bits per heavy atom. The highest BCUT2D eigenvalue weighted by Gasteiger charge is 2.10. The lowest BCUT2D eigenvalue weighted by Gasteiger charge is -2.06. The molecule has 0 radical (unpaired) electrons. The Hall–Kier alpha value is -1.82. The zero-order valence-corrected chi connectivity index (χ0v) is 11.0. The summed E-state index contributed by atoms with van der Waals surface area (Å²) < 4.78 is 19.0. The van der Waals surface area contributed by atoms with Crippen molar-refractivity contribution < 1.29 is 13.9 Å². The highest BCUT2D eigenvalue weighted by molar-refractivity contribution is 9.10. The average molecular weight is 313 g/mol. The second-order valence-corrected chi connectivity index (χ2v) is 4.45. The van der Waals surface area contributed by atoms with Crippen LogP contribution in [0.1, 0.15) is 10.5 Å². The van der Waals surface area contributed by atoms with Gasteiger partial charge in [-0.15, -0.1) is 0 Å². The van der Waals surface area contributed by atoms with Crippen LogP contribution in [-0.4, -0.2) is 18.0 Å². The molecule has 2 rings (SSSR count). The number of nitrogens with one attached hydrogen (secondary N) is 2. The van der Waals surface area contributed by atoms with E-state index in [2.05, 4.69) is 26.2 Å². The maximum absolute atomic E-state index is 13.4. The first kappa shape index (κ1) is 12.6. The fourth-order valence-corrected chi connectivity index (χ4v) is 1.78. The number of hydrogen-bond donors (Lipinski definition) is 2. The number of amides is 1. The summed E-state index contributed by atoms with van der Waals surface area (Å²) >= 11 is 3.23. The lowest BCUT2D eigenvalue weighted by atomic mass is 10.2. The van der Waals surface area contributed by atoms with Gasteiger partial charge in [0.25, 0.3) is 5.91 Å². The first-order valence-electron chi connectivity index (χ1n) is 5.09. The van der Waals surface area contributed by atoms with Gasteiger partial charge in [0.2, 0.25) is 0 Å². The van der Waals surface area contributed by atoms with Crippen LogP contribution < -0.4 is 10.1 Å². The minimum atomic E-state index is -0.525. The highest BCUT2D eigenvalue weighted by atomic mass is 79.9. The van der Waals surface area contributed by atoms with E-state index in [1.807, 2.05) is 0 Å². The molecule has 1 aromatic heterocycles. The molecular weight excluding hydrogens is 303 g/mol. The molecule has 0 saturated carbocycles. The summed E-state index contributed by atoms with van der Waals surface area (Å²) in [5.41, 5.74) is 0.752. The van der Waals surface area contributed by atoms with Gasteiger partial charge in [-0.25, -0.2) is 4.39 Å². The van der Waals surface area contributed by atoms with Crippen LogP contribution in [0.15, 0.2) is 34.9 Å². The van der Waals surface area contributed by atoms with Crippen LogP contribution in [-0.2, 0) is 0 Å². The number of benzene rings is 1. The molecule has 0 spiro atoms. The Bertz CT molecular complexity index is 583. The molecule has 1 aromatic carbocycles. The molecule has 0 aliphatic carbocycles. The predicted octanol–water partition coefficient (Wildman–Crippen LogP) is 3.18. The molecule has 6 heteroatoms. The van der Waals surface area contributed by atoms with Crippen LogP contribution in [0.5, 0.6) is 5.75 Å². The molecule has 0 atom stereocenters. The van der Waals surface area contributed by atoms with Gasteiger partial charge in [0.1, 0.15) is 5.69 Å². The number of halogens is 2. The van der Waals surface area contributed by atoms with Gasteiger partial charge in [-0.2, -0.15) is 0 Å². The minimum absolute atomic E-state index is 0.135. The minimum Gasteiger partial charge on any atom is -0.494 e. The maximum Gasteiger partial charge on any atom is 0.272 e.